The van der Waals surface area contributed by atoms with Crippen LogP contribution in [0.2, 0.25) is 0 Å². The zero-order chi connectivity index (χ0) is 12.8. The van der Waals surface area contributed by atoms with Crippen LogP contribution in [0.3, 0.4) is 0 Å². The minimum Gasteiger partial charge on any atom is -0.496 e. The average Bonchev–Trinajstić information content (AvgIpc) is 2.27. The Morgan fingerprint density at radius 1 is 1.00 bits per heavy atom. The van der Waals surface area contributed by atoms with Crippen LogP contribution in [0.15, 0.2) is 18.2 Å². The Balaban J connectivity index is 2.75. The lowest BCUT2D eigenvalue weighted by Gasteiger charge is -2.17. The molecule has 0 aliphatic heterocycles. The van der Waals surface area contributed by atoms with Crippen LogP contribution in [-0.4, -0.2) is 31.5 Å². The molecule has 0 spiro atoms. The van der Waals surface area contributed by atoms with Crippen LogP contribution in [0, 0.1) is 0 Å². The molecule has 4 heteroatoms. The molecule has 1 aromatic rings. The van der Waals surface area contributed by atoms with Gasteiger partial charge in [0.2, 0.25) is 0 Å². The van der Waals surface area contributed by atoms with Gasteiger partial charge in [-0.2, -0.15) is 0 Å². The summed E-state index contributed by atoms with van der Waals surface area (Å²) in [5, 5.41) is 9.27. The Kier molecular flexibility index (Phi) is 5.10. The van der Waals surface area contributed by atoms with Crippen molar-refractivity contribution in [1.82, 2.24) is 0 Å². The minimum atomic E-state index is -0.377. The minimum absolute atomic E-state index is 0.0631. The van der Waals surface area contributed by atoms with Crippen molar-refractivity contribution >= 4 is 0 Å². The molecule has 1 aromatic carbocycles. The molecule has 2 atom stereocenters. The van der Waals surface area contributed by atoms with Gasteiger partial charge in [-0.3, -0.25) is 0 Å². The normalized spacial score (nSPS) is 13.9. The van der Waals surface area contributed by atoms with Gasteiger partial charge < -0.3 is 19.3 Å². The van der Waals surface area contributed by atoms with E-state index >= 15 is 0 Å². The molecule has 0 saturated carbocycles. The van der Waals surface area contributed by atoms with E-state index in [-0.39, 0.29) is 12.2 Å². The van der Waals surface area contributed by atoms with Gasteiger partial charge in [0.05, 0.1) is 26.4 Å². The first-order chi connectivity index (χ1) is 8.05. The first kappa shape index (κ1) is 13.6. The van der Waals surface area contributed by atoms with Gasteiger partial charge in [-0.25, -0.2) is 0 Å². The van der Waals surface area contributed by atoms with E-state index in [9.17, 15) is 5.11 Å². The molecule has 0 fully saturated rings. The number of rotatable bonds is 6. The first-order valence-corrected chi connectivity index (χ1v) is 5.63. The molecule has 17 heavy (non-hydrogen) atoms. The zero-order valence-electron chi connectivity index (χ0n) is 10.8. The van der Waals surface area contributed by atoms with Crippen LogP contribution >= 0.6 is 0 Å². The second-order valence-corrected chi connectivity index (χ2v) is 4.06. The van der Waals surface area contributed by atoms with E-state index < -0.39 is 0 Å². The molecular formula is C13H20O4. The summed E-state index contributed by atoms with van der Waals surface area (Å²) in [5.74, 6) is 2.04. The van der Waals surface area contributed by atoms with Crippen LogP contribution in [0.5, 0.6) is 17.2 Å². The predicted molar refractivity (Wildman–Crippen MR) is 65.9 cm³/mol. The molecule has 1 rings (SSSR count). The lowest BCUT2D eigenvalue weighted by atomic mass is 10.2. The molecule has 0 aromatic heterocycles. The number of aliphatic hydroxyl groups excluding tert-OH is 1. The Morgan fingerprint density at radius 2 is 1.47 bits per heavy atom. The molecule has 96 valence electrons. The van der Waals surface area contributed by atoms with E-state index in [0.717, 1.165) is 0 Å². The van der Waals surface area contributed by atoms with Crippen molar-refractivity contribution in [3.8, 4) is 17.2 Å². The van der Waals surface area contributed by atoms with Crippen molar-refractivity contribution in [2.75, 3.05) is 14.2 Å². The average molecular weight is 240 g/mol. The fraction of sp³-hybridized carbons (Fsp3) is 0.538. The van der Waals surface area contributed by atoms with Gasteiger partial charge in [0.25, 0.3) is 0 Å². The second kappa shape index (κ2) is 6.35. The van der Waals surface area contributed by atoms with Crippen molar-refractivity contribution < 1.29 is 19.3 Å². The number of methoxy groups -OCH3 is 2. The summed E-state index contributed by atoms with van der Waals surface area (Å²) < 4.78 is 16.0. The summed E-state index contributed by atoms with van der Waals surface area (Å²) in [6.07, 6.45) is 0.142. The zero-order valence-corrected chi connectivity index (χ0v) is 10.8. The van der Waals surface area contributed by atoms with E-state index in [0.29, 0.717) is 23.7 Å². The fourth-order valence-corrected chi connectivity index (χ4v) is 1.61. The number of hydrogen-bond donors (Lipinski definition) is 1. The highest BCUT2D eigenvalue weighted by Gasteiger charge is 2.09. The van der Waals surface area contributed by atoms with Crippen LogP contribution in [-0.2, 0) is 0 Å². The molecule has 0 radical (unpaired) electrons. The van der Waals surface area contributed by atoms with E-state index in [1.54, 1.807) is 39.3 Å². The molecule has 2 unspecified atom stereocenters. The summed E-state index contributed by atoms with van der Waals surface area (Å²) in [6, 6.07) is 5.37. The van der Waals surface area contributed by atoms with Gasteiger partial charge in [0.1, 0.15) is 17.2 Å². The smallest absolute Gasteiger partial charge is 0.127 e. The van der Waals surface area contributed by atoms with Gasteiger partial charge in [0, 0.05) is 24.6 Å². The molecule has 0 heterocycles. The van der Waals surface area contributed by atoms with Gasteiger partial charge in [0.15, 0.2) is 0 Å². The molecular weight excluding hydrogens is 220 g/mol. The largest absolute Gasteiger partial charge is 0.496 e. The molecule has 0 saturated heterocycles. The van der Waals surface area contributed by atoms with E-state index in [2.05, 4.69) is 0 Å². The molecule has 0 amide bonds. The summed E-state index contributed by atoms with van der Waals surface area (Å²) in [5.41, 5.74) is 0. The maximum absolute atomic E-state index is 9.27. The van der Waals surface area contributed by atoms with Crippen LogP contribution < -0.4 is 14.2 Å². The Bertz CT molecular complexity index is 327. The van der Waals surface area contributed by atoms with Gasteiger partial charge >= 0.3 is 0 Å². The number of hydrogen-bond acceptors (Lipinski definition) is 4. The van der Waals surface area contributed by atoms with Crippen molar-refractivity contribution in [1.29, 1.82) is 0 Å². The van der Waals surface area contributed by atoms with Crippen molar-refractivity contribution in [3.63, 3.8) is 0 Å². The van der Waals surface area contributed by atoms with Crippen molar-refractivity contribution in [2.45, 2.75) is 32.5 Å². The first-order valence-electron chi connectivity index (χ1n) is 5.63. The van der Waals surface area contributed by atoms with E-state index in [1.807, 2.05) is 6.92 Å². The highest BCUT2D eigenvalue weighted by atomic mass is 16.5. The number of ether oxygens (including phenoxy) is 3. The number of aliphatic hydroxyl groups is 1. The molecule has 1 N–H and O–H groups in total. The van der Waals surface area contributed by atoms with Crippen molar-refractivity contribution in [3.05, 3.63) is 18.2 Å². The maximum atomic E-state index is 9.27. The standard InChI is InChI=1S/C13H20O4/c1-9(14)5-10(2)17-13-7-11(15-3)6-12(8-13)16-4/h6-10,14H,5H2,1-4H3. The molecule has 0 aliphatic rings. The van der Waals surface area contributed by atoms with E-state index in [4.69, 9.17) is 14.2 Å². The van der Waals surface area contributed by atoms with E-state index in [1.165, 1.54) is 0 Å². The molecule has 0 bridgehead atoms. The quantitative estimate of drug-likeness (QED) is 0.828. The fourth-order valence-electron chi connectivity index (χ4n) is 1.61. The topological polar surface area (TPSA) is 47.9 Å². The van der Waals surface area contributed by atoms with Gasteiger partial charge in [-0.15, -0.1) is 0 Å². The third-order valence-corrected chi connectivity index (χ3v) is 2.34. The summed E-state index contributed by atoms with van der Waals surface area (Å²) >= 11 is 0. The van der Waals surface area contributed by atoms with Crippen LogP contribution in [0.1, 0.15) is 20.3 Å². The maximum Gasteiger partial charge on any atom is 0.127 e. The third kappa shape index (κ3) is 4.53. The summed E-state index contributed by atoms with van der Waals surface area (Å²) in [4.78, 5) is 0. The number of benzene rings is 1. The Morgan fingerprint density at radius 3 is 1.88 bits per heavy atom. The summed E-state index contributed by atoms with van der Waals surface area (Å²) in [6.45, 7) is 3.66. The van der Waals surface area contributed by atoms with Crippen LogP contribution in [0.25, 0.3) is 0 Å². The SMILES string of the molecule is COc1cc(OC)cc(OC(C)CC(C)O)c1. The highest BCUT2D eigenvalue weighted by molar-refractivity contribution is 5.42. The lowest BCUT2D eigenvalue weighted by molar-refractivity contribution is 0.115. The third-order valence-electron chi connectivity index (χ3n) is 2.34. The highest BCUT2D eigenvalue weighted by Crippen LogP contribution is 2.28. The Labute approximate surface area is 102 Å². The summed E-state index contributed by atoms with van der Waals surface area (Å²) in [7, 11) is 3.19. The lowest BCUT2D eigenvalue weighted by Crippen LogP contribution is -2.18. The van der Waals surface area contributed by atoms with Gasteiger partial charge in [-0.1, -0.05) is 0 Å². The molecule has 0 aliphatic carbocycles. The Hall–Kier alpha value is -1.42. The monoisotopic (exact) mass is 240 g/mol. The van der Waals surface area contributed by atoms with Gasteiger partial charge in [-0.05, 0) is 13.8 Å². The van der Waals surface area contributed by atoms with Crippen LogP contribution in [0.4, 0.5) is 0 Å². The van der Waals surface area contributed by atoms with Crippen molar-refractivity contribution in [2.24, 2.45) is 0 Å². The second-order valence-electron chi connectivity index (χ2n) is 4.06. The predicted octanol–water partition coefficient (Wildman–Crippen LogP) is 2.24. The molecule has 4 nitrogen and oxygen atoms in total.